The number of sulfone groups is 1. The standard InChI is InChI=1S/C21H25NO6S/c1-13-8-16(22-20(25)11-23)9-14(2)21(13)28-17-6-7-18(24)19(10-17)29(26,27)12-15-4-3-5-15/h6-10,15,23-24H,3-5,11-12H2,1-2H3,(H,22,25). The second-order valence-electron chi connectivity index (χ2n) is 7.46. The van der Waals surface area contributed by atoms with Crippen LogP contribution in [0.1, 0.15) is 30.4 Å². The van der Waals surface area contributed by atoms with E-state index in [0.29, 0.717) is 17.2 Å². The molecule has 0 aromatic heterocycles. The van der Waals surface area contributed by atoms with E-state index in [0.717, 1.165) is 30.4 Å². The maximum Gasteiger partial charge on any atom is 0.250 e. The molecule has 0 aliphatic heterocycles. The molecule has 2 aromatic carbocycles. The normalized spacial score (nSPS) is 14.3. The fraction of sp³-hybridized carbons (Fsp3) is 0.381. The Labute approximate surface area is 170 Å². The summed E-state index contributed by atoms with van der Waals surface area (Å²) in [4.78, 5) is 11.3. The monoisotopic (exact) mass is 419 g/mol. The third kappa shape index (κ3) is 4.89. The average molecular weight is 419 g/mol. The van der Waals surface area contributed by atoms with Gasteiger partial charge in [0.15, 0.2) is 9.84 Å². The lowest BCUT2D eigenvalue weighted by Gasteiger charge is -2.25. The van der Waals surface area contributed by atoms with Crippen LogP contribution in [0.4, 0.5) is 5.69 Å². The molecule has 156 valence electrons. The zero-order chi connectivity index (χ0) is 21.2. The molecule has 3 N–H and O–H groups in total. The Morgan fingerprint density at radius 3 is 2.38 bits per heavy atom. The zero-order valence-electron chi connectivity index (χ0n) is 16.4. The first kappa shape index (κ1) is 21.1. The molecule has 0 unspecified atom stereocenters. The molecule has 0 saturated heterocycles. The first-order chi connectivity index (χ1) is 13.7. The minimum atomic E-state index is -3.61. The molecule has 0 bridgehead atoms. The summed E-state index contributed by atoms with van der Waals surface area (Å²) in [5.74, 6) is 0.203. The van der Waals surface area contributed by atoms with Gasteiger partial charge in [0.2, 0.25) is 5.91 Å². The summed E-state index contributed by atoms with van der Waals surface area (Å²) < 4.78 is 31.3. The van der Waals surface area contributed by atoms with Crippen molar-refractivity contribution >= 4 is 21.4 Å². The molecule has 7 nitrogen and oxygen atoms in total. The number of carbonyl (C=O) groups is 1. The molecular weight excluding hydrogens is 394 g/mol. The molecule has 1 fully saturated rings. The molecule has 29 heavy (non-hydrogen) atoms. The number of hydrogen-bond acceptors (Lipinski definition) is 6. The van der Waals surface area contributed by atoms with Gasteiger partial charge in [-0.15, -0.1) is 0 Å². The molecule has 0 radical (unpaired) electrons. The van der Waals surface area contributed by atoms with Crippen molar-refractivity contribution in [1.82, 2.24) is 0 Å². The average Bonchev–Trinajstić information content (AvgIpc) is 2.62. The second-order valence-corrected chi connectivity index (χ2v) is 9.46. The fourth-order valence-corrected chi connectivity index (χ4v) is 5.18. The van der Waals surface area contributed by atoms with Gasteiger partial charge in [0.25, 0.3) is 0 Å². The van der Waals surface area contributed by atoms with Gasteiger partial charge in [0.05, 0.1) is 5.75 Å². The van der Waals surface area contributed by atoms with Crippen LogP contribution in [0.15, 0.2) is 35.2 Å². The van der Waals surface area contributed by atoms with Gasteiger partial charge in [-0.2, -0.15) is 0 Å². The van der Waals surface area contributed by atoms with E-state index >= 15 is 0 Å². The molecule has 0 atom stereocenters. The predicted octanol–water partition coefficient (Wildman–Crippen LogP) is 3.31. The van der Waals surface area contributed by atoms with E-state index in [-0.39, 0.29) is 22.3 Å². The molecule has 2 aromatic rings. The van der Waals surface area contributed by atoms with E-state index in [1.807, 2.05) is 0 Å². The van der Waals surface area contributed by atoms with Crippen LogP contribution in [0, 0.1) is 19.8 Å². The Bertz CT molecular complexity index is 1000. The van der Waals surface area contributed by atoms with Crippen LogP contribution in [0.5, 0.6) is 17.2 Å². The van der Waals surface area contributed by atoms with Gasteiger partial charge in [-0.25, -0.2) is 8.42 Å². The number of aryl methyl sites for hydroxylation is 2. The minimum absolute atomic E-state index is 0.0291. The molecule has 1 amide bonds. The fourth-order valence-electron chi connectivity index (χ4n) is 3.37. The number of rotatable bonds is 7. The molecular formula is C21H25NO6S. The van der Waals surface area contributed by atoms with Gasteiger partial charge < -0.3 is 20.3 Å². The van der Waals surface area contributed by atoms with Crippen LogP contribution in [0.2, 0.25) is 0 Å². The summed E-state index contributed by atoms with van der Waals surface area (Å²) in [6, 6.07) is 7.58. The number of aromatic hydroxyl groups is 1. The highest BCUT2D eigenvalue weighted by Gasteiger charge is 2.28. The highest BCUT2D eigenvalue weighted by Crippen LogP contribution is 2.36. The topological polar surface area (TPSA) is 113 Å². The third-order valence-corrected chi connectivity index (χ3v) is 6.96. The van der Waals surface area contributed by atoms with Gasteiger partial charge in [-0.1, -0.05) is 6.42 Å². The van der Waals surface area contributed by atoms with E-state index < -0.39 is 22.4 Å². The number of phenolic OH excluding ortho intramolecular Hbond substituents is 1. The molecule has 8 heteroatoms. The lowest BCUT2D eigenvalue weighted by molar-refractivity contribution is -0.118. The van der Waals surface area contributed by atoms with E-state index in [9.17, 15) is 18.3 Å². The first-order valence-corrected chi connectivity index (χ1v) is 11.1. The maximum atomic E-state index is 12.7. The van der Waals surface area contributed by atoms with Crippen LogP contribution in [0.3, 0.4) is 0 Å². The highest BCUT2D eigenvalue weighted by atomic mass is 32.2. The predicted molar refractivity (Wildman–Crippen MR) is 109 cm³/mol. The molecule has 1 aliphatic rings. The summed E-state index contributed by atoms with van der Waals surface area (Å²) in [5.41, 5.74) is 1.98. The Morgan fingerprint density at radius 2 is 1.83 bits per heavy atom. The van der Waals surface area contributed by atoms with Gasteiger partial charge in [-0.05, 0) is 68.0 Å². The van der Waals surface area contributed by atoms with E-state index in [2.05, 4.69) is 5.32 Å². The van der Waals surface area contributed by atoms with Crippen LogP contribution >= 0.6 is 0 Å². The Balaban J connectivity index is 1.86. The summed E-state index contributed by atoms with van der Waals surface area (Å²) in [7, 11) is -3.61. The smallest absolute Gasteiger partial charge is 0.250 e. The number of hydrogen-bond donors (Lipinski definition) is 3. The molecule has 1 aliphatic carbocycles. The Hall–Kier alpha value is -2.58. The van der Waals surface area contributed by atoms with E-state index in [1.54, 1.807) is 26.0 Å². The number of nitrogens with one attached hydrogen (secondary N) is 1. The first-order valence-electron chi connectivity index (χ1n) is 9.45. The van der Waals surface area contributed by atoms with Crippen LogP contribution in [-0.4, -0.2) is 36.9 Å². The second kappa shape index (κ2) is 8.42. The van der Waals surface area contributed by atoms with E-state index in [1.165, 1.54) is 18.2 Å². The number of amides is 1. The Kier molecular flexibility index (Phi) is 6.14. The molecule has 3 rings (SSSR count). The number of benzene rings is 2. The quantitative estimate of drug-likeness (QED) is 0.635. The van der Waals surface area contributed by atoms with Crippen molar-refractivity contribution < 1.29 is 28.2 Å². The SMILES string of the molecule is Cc1cc(NC(=O)CO)cc(C)c1Oc1ccc(O)c(S(=O)(=O)CC2CCC2)c1. The molecule has 0 spiro atoms. The van der Waals surface area contributed by atoms with Crippen molar-refractivity contribution in [3.63, 3.8) is 0 Å². The summed E-state index contributed by atoms with van der Waals surface area (Å²) >= 11 is 0. The van der Waals surface area contributed by atoms with E-state index in [4.69, 9.17) is 9.84 Å². The van der Waals surface area contributed by atoms with Gasteiger partial charge >= 0.3 is 0 Å². The maximum absolute atomic E-state index is 12.7. The highest BCUT2D eigenvalue weighted by molar-refractivity contribution is 7.91. The van der Waals surface area contributed by atoms with Crippen LogP contribution in [-0.2, 0) is 14.6 Å². The molecule has 0 heterocycles. The number of phenols is 1. The van der Waals surface area contributed by atoms with Crippen LogP contribution < -0.4 is 10.1 Å². The summed E-state index contributed by atoms with van der Waals surface area (Å²) in [6.07, 6.45) is 2.84. The number of carbonyl (C=O) groups excluding carboxylic acids is 1. The zero-order valence-corrected chi connectivity index (χ0v) is 17.3. The van der Waals surface area contributed by atoms with Gasteiger partial charge in [-0.3, -0.25) is 4.79 Å². The summed E-state index contributed by atoms with van der Waals surface area (Å²) in [5, 5.41) is 21.5. The van der Waals surface area contributed by atoms with Gasteiger partial charge in [0, 0.05) is 11.8 Å². The number of aliphatic hydroxyl groups is 1. The third-order valence-electron chi connectivity index (χ3n) is 5.05. The number of anilines is 1. The van der Waals surface area contributed by atoms with Crippen molar-refractivity contribution in [2.75, 3.05) is 17.7 Å². The summed E-state index contributed by atoms with van der Waals surface area (Å²) in [6.45, 7) is 2.99. The number of ether oxygens (including phenoxy) is 1. The lowest BCUT2D eigenvalue weighted by atomic mass is 9.87. The molecule has 1 saturated carbocycles. The van der Waals surface area contributed by atoms with Crippen molar-refractivity contribution in [3.8, 4) is 17.2 Å². The lowest BCUT2D eigenvalue weighted by Crippen LogP contribution is -2.22. The van der Waals surface area contributed by atoms with Crippen molar-refractivity contribution in [1.29, 1.82) is 0 Å². The minimum Gasteiger partial charge on any atom is -0.507 e. The van der Waals surface area contributed by atoms with Gasteiger partial charge in [0.1, 0.15) is 28.8 Å². The van der Waals surface area contributed by atoms with Crippen molar-refractivity contribution in [2.45, 2.75) is 38.0 Å². The van der Waals surface area contributed by atoms with Crippen molar-refractivity contribution in [3.05, 3.63) is 41.5 Å². The van der Waals surface area contributed by atoms with Crippen molar-refractivity contribution in [2.24, 2.45) is 5.92 Å². The Morgan fingerprint density at radius 1 is 1.17 bits per heavy atom. The largest absolute Gasteiger partial charge is 0.507 e. The number of aliphatic hydroxyl groups excluding tert-OH is 1. The van der Waals surface area contributed by atoms with Crippen LogP contribution in [0.25, 0.3) is 0 Å².